The van der Waals surface area contributed by atoms with Crippen LogP contribution in [0.2, 0.25) is 0 Å². The van der Waals surface area contributed by atoms with E-state index < -0.39 is 0 Å². The van der Waals surface area contributed by atoms with Gasteiger partial charge in [0.1, 0.15) is 0 Å². The molecule has 0 bridgehead atoms. The van der Waals surface area contributed by atoms with E-state index in [0.29, 0.717) is 5.69 Å². The normalized spacial score (nSPS) is 17.7. The van der Waals surface area contributed by atoms with Gasteiger partial charge in [0.05, 0.1) is 0 Å². The molecule has 0 amide bonds. The molecule has 0 saturated heterocycles. The molecule has 0 saturated carbocycles. The molecule has 0 unspecified atom stereocenters. The summed E-state index contributed by atoms with van der Waals surface area (Å²) in [4.78, 5) is 0. The zero-order valence-electron chi connectivity index (χ0n) is 6.52. The lowest BCUT2D eigenvalue weighted by Crippen LogP contribution is -1.68. The molecule has 3 heterocycles. The fourth-order valence-electron chi connectivity index (χ4n) is 0.865. The van der Waals surface area contributed by atoms with Gasteiger partial charge in [0.25, 0.3) is 11.6 Å². The van der Waals surface area contributed by atoms with Crippen LogP contribution in [0.5, 0.6) is 0 Å². The molecule has 1 aliphatic rings. The van der Waals surface area contributed by atoms with Crippen LogP contribution in [0.1, 0.15) is 0 Å². The quantitative estimate of drug-likeness (QED) is 0.540. The molecule has 2 aromatic heterocycles. The van der Waals surface area contributed by atoms with Crippen molar-refractivity contribution < 1.29 is 9.15 Å². The zero-order chi connectivity index (χ0) is 9.38. The SMILES string of the molecule is c1onc2c1/N=N\c1nonc1/N=N\2. The number of aromatic nitrogens is 3. The molecular weight excluding hydrogens is 190 g/mol. The summed E-state index contributed by atoms with van der Waals surface area (Å²) < 4.78 is 9.03. The molecule has 0 spiro atoms. The Hall–Kier alpha value is -2.45. The van der Waals surface area contributed by atoms with Crippen LogP contribution >= 0.6 is 0 Å². The van der Waals surface area contributed by atoms with Gasteiger partial charge in [-0.15, -0.1) is 20.5 Å². The lowest BCUT2D eigenvalue weighted by atomic mass is 10.5. The monoisotopic (exact) mass is 191 g/mol. The van der Waals surface area contributed by atoms with Crippen LogP contribution in [-0.2, 0) is 0 Å². The Labute approximate surface area is 75.5 Å². The second-order valence-electron chi connectivity index (χ2n) is 2.33. The van der Waals surface area contributed by atoms with Gasteiger partial charge < -0.3 is 4.52 Å². The predicted octanol–water partition coefficient (Wildman–Crippen LogP) is 2.20. The van der Waals surface area contributed by atoms with E-state index in [0.717, 1.165) is 0 Å². The van der Waals surface area contributed by atoms with E-state index in [2.05, 4.69) is 45.1 Å². The maximum Gasteiger partial charge on any atom is 0.265 e. The van der Waals surface area contributed by atoms with Gasteiger partial charge in [-0.1, -0.05) is 5.16 Å². The van der Waals surface area contributed by atoms with Gasteiger partial charge in [-0.05, 0) is 10.3 Å². The van der Waals surface area contributed by atoms with Crippen molar-refractivity contribution >= 4 is 23.1 Å². The smallest absolute Gasteiger partial charge is 0.265 e. The Balaban J connectivity index is 2.20. The van der Waals surface area contributed by atoms with E-state index in [4.69, 9.17) is 0 Å². The lowest BCUT2D eigenvalue weighted by molar-refractivity contribution is 0.309. The average molecular weight is 191 g/mol. The summed E-state index contributed by atoms with van der Waals surface area (Å²) in [6.07, 6.45) is 1.30. The number of azo groups is 2. The first-order valence-electron chi connectivity index (χ1n) is 3.54. The van der Waals surface area contributed by atoms with Crippen molar-refractivity contribution in [3.05, 3.63) is 6.26 Å². The Morgan fingerprint density at radius 1 is 0.786 bits per heavy atom. The predicted molar refractivity (Wildman–Crippen MR) is 39.2 cm³/mol. The summed E-state index contributed by atoms with van der Waals surface area (Å²) in [6.45, 7) is 0. The molecule has 9 heteroatoms. The summed E-state index contributed by atoms with van der Waals surface area (Å²) in [5.41, 5.74) is 0.377. The van der Waals surface area contributed by atoms with Crippen LogP contribution in [-0.4, -0.2) is 15.5 Å². The highest BCUT2D eigenvalue weighted by Gasteiger charge is 2.14. The third-order valence-electron chi connectivity index (χ3n) is 1.48. The maximum absolute atomic E-state index is 4.63. The third kappa shape index (κ3) is 0.920. The number of fused-ring (bicyclic) bond motifs is 2. The molecule has 0 radical (unpaired) electrons. The zero-order valence-corrected chi connectivity index (χ0v) is 6.52. The fourth-order valence-corrected chi connectivity index (χ4v) is 0.865. The molecule has 14 heavy (non-hydrogen) atoms. The molecule has 0 aromatic carbocycles. The molecule has 2 aromatic rings. The van der Waals surface area contributed by atoms with E-state index in [9.17, 15) is 0 Å². The Morgan fingerprint density at radius 2 is 1.50 bits per heavy atom. The van der Waals surface area contributed by atoms with Gasteiger partial charge in [0.15, 0.2) is 12.0 Å². The molecule has 0 atom stereocenters. The molecule has 0 fully saturated rings. The van der Waals surface area contributed by atoms with E-state index >= 15 is 0 Å². The summed E-state index contributed by atoms with van der Waals surface area (Å²) in [7, 11) is 0. The van der Waals surface area contributed by atoms with Gasteiger partial charge in [-0.3, -0.25) is 0 Å². The summed E-state index contributed by atoms with van der Waals surface area (Å²) >= 11 is 0. The summed E-state index contributed by atoms with van der Waals surface area (Å²) in [6, 6.07) is 0. The van der Waals surface area contributed by atoms with Crippen molar-refractivity contribution in [1.82, 2.24) is 15.5 Å². The highest BCUT2D eigenvalue weighted by atomic mass is 16.6. The summed E-state index contributed by atoms with van der Waals surface area (Å²) in [5.74, 6) is 0.561. The van der Waals surface area contributed by atoms with Crippen LogP contribution in [0.25, 0.3) is 0 Å². The molecule has 0 aliphatic carbocycles. The molecule has 0 N–H and O–H groups in total. The third-order valence-corrected chi connectivity index (χ3v) is 1.48. The summed E-state index contributed by atoms with van der Waals surface area (Å²) in [5, 5.41) is 25.4. The molecule has 1 aliphatic heterocycles. The highest BCUT2D eigenvalue weighted by Crippen LogP contribution is 2.34. The topological polar surface area (TPSA) is 114 Å². The first-order chi connectivity index (χ1) is 6.93. The largest absolute Gasteiger partial charge is 0.360 e. The maximum atomic E-state index is 4.63. The van der Waals surface area contributed by atoms with Crippen molar-refractivity contribution in [2.45, 2.75) is 0 Å². The number of hydrogen-bond acceptors (Lipinski definition) is 9. The van der Waals surface area contributed by atoms with Gasteiger partial charge in [0.2, 0.25) is 5.82 Å². The van der Waals surface area contributed by atoms with Gasteiger partial charge in [-0.2, -0.15) is 0 Å². The molecule has 68 valence electrons. The van der Waals surface area contributed by atoms with Gasteiger partial charge in [0, 0.05) is 0 Å². The van der Waals surface area contributed by atoms with Crippen LogP contribution in [0, 0.1) is 0 Å². The molecular formula is C5HN7O2. The van der Waals surface area contributed by atoms with Crippen LogP contribution in [0.4, 0.5) is 23.1 Å². The van der Waals surface area contributed by atoms with Crippen LogP contribution in [0.3, 0.4) is 0 Å². The van der Waals surface area contributed by atoms with Crippen molar-refractivity contribution in [2.24, 2.45) is 20.5 Å². The molecule has 3 rings (SSSR count). The van der Waals surface area contributed by atoms with Crippen LogP contribution < -0.4 is 0 Å². The van der Waals surface area contributed by atoms with E-state index in [1.165, 1.54) is 6.26 Å². The first kappa shape index (κ1) is 7.00. The minimum atomic E-state index is 0.155. The highest BCUT2D eigenvalue weighted by molar-refractivity contribution is 5.56. The first-order valence-corrected chi connectivity index (χ1v) is 3.54. The van der Waals surface area contributed by atoms with E-state index in [1.807, 2.05) is 0 Å². The van der Waals surface area contributed by atoms with Gasteiger partial charge >= 0.3 is 0 Å². The molecule has 9 nitrogen and oxygen atoms in total. The van der Waals surface area contributed by atoms with E-state index in [-0.39, 0.29) is 17.5 Å². The Kier molecular flexibility index (Phi) is 1.26. The fraction of sp³-hybridized carbons (Fsp3) is 0. The Morgan fingerprint density at radius 3 is 2.36 bits per heavy atom. The number of hydrogen-bond donors (Lipinski definition) is 0. The van der Waals surface area contributed by atoms with Crippen molar-refractivity contribution in [1.29, 1.82) is 0 Å². The Bertz CT molecular complexity index is 434. The minimum absolute atomic E-state index is 0.155. The van der Waals surface area contributed by atoms with E-state index in [1.54, 1.807) is 0 Å². The second-order valence-corrected chi connectivity index (χ2v) is 2.33. The average Bonchev–Trinajstić information content (AvgIpc) is 2.75. The number of nitrogens with zero attached hydrogens (tertiary/aromatic N) is 7. The standard InChI is InChI=1S/C5HN7O2/c1-2-3(10-13-1)7-9-5-4(8-6-2)11-14-12-5/h1H/b8-6-,9-7-. The van der Waals surface area contributed by atoms with Crippen molar-refractivity contribution in [2.75, 3.05) is 0 Å². The second kappa shape index (κ2) is 2.52. The minimum Gasteiger partial charge on any atom is -0.360 e. The van der Waals surface area contributed by atoms with Crippen molar-refractivity contribution in [3.8, 4) is 0 Å². The van der Waals surface area contributed by atoms with Crippen molar-refractivity contribution in [3.63, 3.8) is 0 Å². The number of rotatable bonds is 0. The van der Waals surface area contributed by atoms with Crippen LogP contribution in [0.15, 0.2) is 35.9 Å². The van der Waals surface area contributed by atoms with Gasteiger partial charge in [-0.25, -0.2) is 4.63 Å². The lowest BCUT2D eigenvalue weighted by Gasteiger charge is -1.88.